The van der Waals surface area contributed by atoms with Crippen molar-refractivity contribution < 1.29 is 9.13 Å². The van der Waals surface area contributed by atoms with Crippen molar-refractivity contribution in [2.24, 2.45) is 0 Å². The van der Waals surface area contributed by atoms with Crippen molar-refractivity contribution in [3.63, 3.8) is 0 Å². The highest BCUT2D eigenvalue weighted by Gasteiger charge is 2.28. The van der Waals surface area contributed by atoms with Crippen LogP contribution in [0.2, 0.25) is 0 Å². The summed E-state index contributed by atoms with van der Waals surface area (Å²) >= 11 is 3.55. The molecular formula is C14H14BrFN2O. The van der Waals surface area contributed by atoms with Gasteiger partial charge in [0, 0.05) is 12.0 Å². The van der Waals surface area contributed by atoms with E-state index in [1.165, 1.54) is 12.1 Å². The largest absolute Gasteiger partial charge is 0.474 e. The lowest BCUT2D eigenvalue weighted by Gasteiger charge is -2.26. The molecule has 0 saturated heterocycles. The molecule has 1 aliphatic heterocycles. The third-order valence-electron chi connectivity index (χ3n) is 3.33. The maximum absolute atomic E-state index is 13.0. The molecular weight excluding hydrogens is 311 g/mol. The summed E-state index contributed by atoms with van der Waals surface area (Å²) < 4.78 is 21.5. The molecule has 0 fully saturated rings. The van der Waals surface area contributed by atoms with Gasteiger partial charge in [-0.15, -0.1) is 0 Å². The van der Waals surface area contributed by atoms with Gasteiger partial charge in [0.25, 0.3) is 0 Å². The minimum absolute atomic E-state index is 0.177. The van der Waals surface area contributed by atoms with Crippen molar-refractivity contribution in [1.82, 2.24) is 9.78 Å². The predicted octanol–water partition coefficient (Wildman–Crippen LogP) is 4.18. The first-order chi connectivity index (χ1) is 9.06. The number of hydrogen-bond donors (Lipinski definition) is 0. The van der Waals surface area contributed by atoms with Gasteiger partial charge in [0.2, 0.25) is 5.88 Å². The normalized spacial score (nSPS) is 21.9. The van der Waals surface area contributed by atoms with Crippen LogP contribution in [-0.2, 0) is 0 Å². The van der Waals surface area contributed by atoms with Crippen LogP contribution >= 0.6 is 15.9 Å². The molecule has 100 valence electrons. The molecule has 0 aliphatic carbocycles. The van der Waals surface area contributed by atoms with E-state index in [9.17, 15) is 4.39 Å². The summed E-state index contributed by atoms with van der Waals surface area (Å²) in [5.41, 5.74) is 1.66. The van der Waals surface area contributed by atoms with Crippen LogP contribution in [0.1, 0.15) is 26.3 Å². The standard InChI is InChI=1S/C14H14BrFN2O/c1-8-7-9(2)19-14-12(15)13(17-18(8)14)10-3-5-11(16)6-4-10/h3-6,8-9H,7H2,1-2H3/t8?,9-/m0/s1. The Morgan fingerprint density at radius 3 is 2.68 bits per heavy atom. The van der Waals surface area contributed by atoms with Crippen molar-refractivity contribution in [3.05, 3.63) is 34.6 Å². The van der Waals surface area contributed by atoms with Gasteiger partial charge in [-0.2, -0.15) is 5.10 Å². The van der Waals surface area contributed by atoms with Gasteiger partial charge >= 0.3 is 0 Å². The quantitative estimate of drug-likeness (QED) is 0.786. The lowest BCUT2D eigenvalue weighted by molar-refractivity contribution is 0.125. The third kappa shape index (κ3) is 2.16. The van der Waals surface area contributed by atoms with Gasteiger partial charge in [0.15, 0.2) is 0 Å². The first-order valence-corrected chi connectivity index (χ1v) is 7.06. The summed E-state index contributed by atoms with van der Waals surface area (Å²) in [4.78, 5) is 0. The highest BCUT2D eigenvalue weighted by atomic mass is 79.9. The van der Waals surface area contributed by atoms with Gasteiger partial charge in [-0.25, -0.2) is 9.07 Å². The predicted molar refractivity (Wildman–Crippen MR) is 74.7 cm³/mol. The number of nitrogens with zero attached hydrogens (tertiary/aromatic N) is 2. The van der Waals surface area contributed by atoms with Gasteiger partial charge in [-0.3, -0.25) is 0 Å². The Bertz CT molecular complexity index is 609. The number of ether oxygens (including phenoxy) is 1. The molecule has 2 aromatic rings. The lowest BCUT2D eigenvalue weighted by atomic mass is 10.1. The van der Waals surface area contributed by atoms with Crippen LogP contribution in [0.4, 0.5) is 4.39 Å². The summed E-state index contributed by atoms with van der Waals surface area (Å²) in [7, 11) is 0. The number of hydrogen-bond acceptors (Lipinski definition) is 2. The molecule has 3 rings (SSSR count). The molecule has 0 saturated carbocycles. The second kappa shape index (κ2) is 4.63. The molecule has 0 bridgehead atoms. The molecule has 1 unspecified atom stereocenters. The van der Waals surface area contributed by atoms with Crippen molar-refractivity contribution in [2.75, 3.05) is 0 Å². The summed E-state index contributed by atoms with van der Waals surface area (Å²) in [5.74, 6) is 0.507. The van der Waals surface area contributed by atoms with E-state index in [0.717, 1.165) is 28.0 Å². The van der Waals surface area contributed by atoms with Crippen LogP contribution in [0.3, 0.4) is 0 Å². The molecule has 3 nitrogen and oxygen atoms in total. The van der Waals surface area contributed by atoms with E-state index in [0.29, 0.717) is 6.04 Å². The Balaban J connectivity index is 2.09. The number of rotatable bonds is 1. The maximum atomic E-state index is 13.0. The molecule has 19 heavy (non-hydrogen) atoms. The van der Waals surface area contributed by atoms with Crippen LogP contribution in [0, 0.1) is 5.82 Å². The van der Waals surface area contributed by atoms with E-state index in [2.05, 4.69) is 34.9 Å². The fourth-order valence-electron chi connectivity index (χ4n) is 2.41. The summed E-state index contributed by atoms with van der Waals surface area (Å²) in [6.07, 6.45) is 1.11. The van der Waals surface area contributed by atoms with Gasteiger partial charge < -0.3 is 4.74 Å². The highest BCUT2D eigenvalue weighted by Crippen LogP contribution is 2.40. The number of halogens is 2. The van der Waals surface area contributed by atoms with E-state index in [1.807, 2.05) is 4.68 Å². The van der Waals surface area contributed by atoms with Crippen LogP contribution in [0.25, 0.3) is 11.3 Å². The van der Waals surface area contributed by atoms with E-state index >= 15 is 0 Å². The van der Waals surface area contributed by atoms with Gasteiger partial charge in [0.1, 0.15) is 16.0 Å². The summed E-state index contributed by atoms with van der Waals surface area (Å²) in [6.45, 7) is 4.17. The second-order valence-electron chi connectivity index (χ2n) is 4.93. The Kier molecular flexibility index (Phi) is 3.09. The van der Waals surface area contributed by atoms with Gasteiger partial charge in [0.05, 0.1) is 12.1 Å². The SMILES string of the molecule is CC1C[C@H](C)Oc2c(Br)c(-c3ccc(F)cc3)nn21. The van der Waals surface area contributed by atoms with Crippen molar-refractivity contribution >= 4 is 15.9 Å². The van der Waals surface area contributed by atoms with Crippen LogP contribution in [0.15, 0.2) is 28.7 Å². The van der Waals surface area contributed by atoms with E-state index in [-0.39, 0.29) is 11.9 Å². The number of fused-ring (bicyclic) bond motifs is 1. The zero-order valence-electron chi connectivity index (χ0n) is 10.7. The molecule has 1 aliphatic rings. The fraction of sp³-hybridized carbons (Fsp3) is 0.357. The summed E-state index contributed by atoms with van der Waals surface area (Å²) in [5, 5.41) is 4.59. The number of aromatic nitrogens is 2. The maximum Gasteiger partial charge on any atom is 0.227 e. The van der Waals surface area contributed by atoms with Crippen LogP contribution in [0.5, 0.6) is 5.88 Å². The van der Waals surface area contributed by atoms with Gasteiger partial charge in [-0.05, 0) is 54.0 Å². The minimum Gasteiger partial charge on any atom is -0.474 e. The Morgan fingerprint density at radius 1 is 1.32 bits per heavy atom. The van der Waals surface area contributed by atoms with E-state index in [1.54, 1.807) is 12.1 Å². The average molecular weight is 325 g/mol. The minimum atomic E-state index is -0.248. The Labute approximate surface area is 119 Å². The third-order valence-corrected chi connectivity index (χ3v) is 4.05. The first kappa shape index (κ1) is 12.7. The Morgan fingerprint density at radius 2 is 2.00 bits per heavy atom. The van der Waals surface area contributed by atoms with Crippen LogP contribution in [-0.4, -0.2) is 15.9 Å². The topological polar surface area (TPSA) is 27.1 Å². The molecule has 1 aromatic heterocycles. The smallest absolute Gasteiger partial charge is 0.227 e. The molecule has 5 heteroatoms. The summed E-state index contributed by atoms with van der Waals surface area (Å²) in [6, 6.07) is 6.62. The molecule has 0 amide bonds. The lowest BCUT2D eigenvalue weighted by Crippen LogP contribution is -2.26. The molecule has 2 heterocycles. The molecule has 0 spiro atoms. The molecule has 1 aromatic carbocycles. The van der Waals surface area contributed by atoms with Crippen molar-refractivity contribution in [1.29, 1.82) is 0 Å². The molecule has 0 N–H and O–H groups in total. The zero-order valence-corrected chi connectivity index (χ0v) is 12.3. The monoisotopic (exact) mass is 324 g/mol. The molecule has 0 radical (unpaired) electrons. The average Bonchev–Trinajstić information content (AvgIpc) is 2.69. The van der Waals surface area contributed by atoms with Crippen molar-refractivity contribution in [2.45, 2.75) is 32.4 Å². The Hall–Kier alpha value is -1.36. The highest BCUT2D eigenvalue weighted by molar-refractivity contribution is 9.10. The zero-order chi connectivity index (χ0) is 13.6. The fourth-order valence-corrected chi connectivity index (χ4v) is 3.00. The van der Waals surface area contributed by atoms with E-state index in [4.69, 9.17) is 4.74 Å². The molecule has 2 atom stereocenters. The second-order valence-corrected chi connectivity index (χ2v) is 5.73. The first-order valence-electron chi connectivity index (χ1n) is 6.27. The van der Waals surface area contributed by atoms with E-state index < -0.39 is 0 Å². The van der Waals surface area contributed by atoms with Gasteiger partial charge in [-0.1, -0.05) is 0 Å². The van der Waals surface area contributed by atoms with Crippen molar-refractivity contribution in [3.8, 4) is 17.1 Å². The number of benzene rings is 1. The van der Waals surface area contributed by atoms with Crippen LogP contribution < -0.4 is 4.74 Å².